The fourth-order valence-corrected chi connectivity index (χ4v) is 3.88. The van der Waals surface area contributed by atoms with E-state index in [-0.39, 0.29) is 16.2 Å². The molecule has 0 bridgehead atoms. The lowest BCUT2D eigenvalue weighted by atomic mass is 10.2. The SMILES string of the molecule is Cc1ccc(S(=O)(=O)N(C)CC(=O)NNC(=O)c2cccc(NC(=O)c3ccco3)c2)cc1. The van der Waals surface area contributed by atoms with Gasteiger partial charge in [0.05, 0.1) is 17.7 Å². The molecule has 1 aromatic heterocycles. The highest BCUT2D eigenvalue weighted by Crippen LogP contribution is 2.15. The Labute approximate surface area is 190 Å². The summed E-state index contributed by atoms with van der Waals surface area (Å²) in [6.07, 6.45) is 1.37. The van der Waals surface area contributed by atoms with Gasteiger partial charge < -0.3 is 9.73 Å². The number of likely N-dealkylation sites (N-methyl/N-ethyl adjacent to an activating group) is 1. The number of nitrogens with one attached hydrogen (secondary N) is 3. The van der Waals surface area contributed by atoms with Gasteiger partial charge in [0.1, 0.15) is 0 Å². The van der Waals surface area contributed by atoms with Crippen LogP contribution in [0, 0.1) is 6.92 Å². The number of rotatable bonds is 7. The third-order valence-electron chi connectivity index (χ3n) is 4.54. The smallest absolute Gasteiger partial charge is 0.291 e. The molecule has 1 heterocycles. The van der Waals surface area contributed by atoms with Crippen LogP contribution in [0.5, 0.6) is 0 Å². The molecule has 0 radical (unpaired) electrons. The van der Waals surface area contributed by atoms with Gasteiger partial charge in [-0.3, -0.25) is 25.2 Å². The fourth-order valence-electron chi connectivity index (χ4n) is 2.75. The lowest BCUT2D eigenvalue weighted by Gasteiger charge is -2.17. The van der Waals surface area contributed by atoms with E-state index < -0.39 is 34.3 Å². The molecule has 10 nitrogen and oxygen atoms in total. The molecule has 0 fully saturated rings. The van der Waals surface area contributed by atoms with Crippen LogP contribution in [0.3, 0.4) is 0 Å². The molecule has 0 aliphatic rings. The summed E-state index contributed by atoms with van der Waals surface area (Å²) >= 11 is 0. The van der Waals surface area contributed by atoms with Crippen molar-refractivity contribution in [3.8, 4) is 0 Å². The standard InChI is InChI=1S/C22H22N4O6S/c1-15-8-10-18(11-9-15)33(30,31)26(2)14-20(27)24-25-21(28)16-5-3-6-17(13-16)23-22(29)19-7-4-12-32-19/h3-13H,14H2,1-2H3,(H,23,29)(H,24,27)(H,25,28). The second kappa shape index (κ2) is 10.1. The summed E-state index contributed by atoms with van der Waals surface area (Å²) in [5, 5.41) is 2.59. The molecule has 11 heteroatoms. The number of hydrogen-bond donors (Lipinski definition) is 3. The summed E-state index contributed by atoms with van der Waals surface area (Å²) < 4.78 is 31.0. The van der Waals surface area contributed by atoms with Crippen LogP contribution in [0.4, 0.5) is 5.69 Å². The minimum atomic E-state index is -3.87. The van der Waals surface area contributed by atoms with Gasteiger partial charge in [-0.15, -0.1) is 0 Å². The first kappa shape index (κ1) is 23.7. The summed E-state index contributed by atoms with van der Waals surface area (Å²) in [6, 6.07) is 15.3. The molecule has 0 unspecified atom stereocenters. The Kier molecular flexibility index (Phi) is 7.26. The van der Waals surface area contributed by atoms with Gasteiger partial charge in [0, 0.05) is 18.3 Å². The Hall–Kier alpha value is -3.96. The molecular formula is C22H22N4O6S. The van der Waals surface area contributed by atoms with Gasteiger partial charge >= 0.3 is 0 Å². The predicted octanol–water partition coefficient (Wildman–Crippen LogP) is 1.92. The Balaban J connectivity index is 1.55. The maximum atomic E-state index is 12.6. The largest absolute Gasteiger partial charge is 0.459 e. The normalized spacial score (nSPS) is 11.1. The molecule has 172 valence electrons. The van der Waals surface area contributed by atoms with E-state index in [0.29, 0.717) is 5.69 Å². The predicted molar refractivity (Wildman–Crippen MR) is 120 cm³/mol. The average molecular weight is 471 g/mol. The first-order chi connectivity index (χ1) is 15.7. The van der Waals surface area contributed by atoms with Gasteiger partial charge in [-0.1, -0.05) is 23.8 Å². The van der Waals surface area contributed by atoms with Crippen molar-refractivity contribution in [2.75, 3.05) is 18.9 Å². The highest BCUT2D eigenvalue weighted by Gasteiger charge is 2.23. The number of amides is 3. The van der Waals surface area contributed by atoms with Gasteiger partial charge in [0.15, 0.2) is 5.76 Å². The Morgan fingerprint density at radius 2 is 1.67 bits per heavy atom. The number of aryl methyl sites for hydroxylation is 1. The number of nitrogens with zero attached hydrogens (tertiary/aromatic N) is 1. The second-order valence-electron chi connectivity index (χ2n) is 7.09. The second-order valence-corrected chi connectivity index (χ2v) is 9.13. The maximum Gasteiger partial charge on any atom is 0.291 e. The number of anilines is 1. The topological polar surface area (TPSA) is 138 Å². The number of furan rings is 1. The number of benzene rings is 2. The van der Waals surface area contributed by atoms with Crippen molar-refractivity contribution < 1.29 is 27.2 Å². The van der Waals surface area contributed by atoms with E-state index in [0.717, 1.165) is 9.87 Å². The van der Waals surface area contributed by atoms with Crippen LogP contribution in [0.2, 0.25) is 0 Å². The maximum absolute atomic E-state index is 12.6. The van der Waals surface area contributed by atoms with Gasteiger partial charge in [0.25, 0.3) is 17.7 Å². The summed E-state index contributed by atoms with van der Waals surface area (Å²) in [4.78, 5) is 36.6. The van der Waals surface area contributed by atoms with Crippen molar-refractivity contribution in [1.29, 1.82) is 0 Å². The Morgan fingerprint density at radius 3 is 2.33 bits per heavy atom. The Morgan fingerprint density at radius 1 is 0.939 bits per heavy atom. The lowest BCUT2D eigenvalue weighted by Crippen LogP contribution is -2.46. The van der Waals surface area contributed by atoms with Gasteiger partial charge in [-0.25, -0.2) is 8.42 Å². The van der Waals surface area contributed by atoms with E-state index in [1.807, 2.05) is 6.92 Å². The molecule has 0 atom stereocenters. The van der Waals surface area contributed by atoms with Crippen LogP contribution in [0.1, 0.15) is 26.5 Å². The summed E-state index contributed by atoms with van der Waals surface area (Å²) in [7, 11) is -2.60. The van der Waals surface area contributed by atoms with Crippen molar-refractivity contribution in [3.63, 3.8) is 0 Å². The molecule has 0 saturated heterocycles. The molecule has 2 aromatic carbocycles. The minimum absolute atomic E-state index is 0.0563. The molecule has 0 saturated carbocycles. The molecular weight excluding hydrogens is 448 g/mol. The van der Waals surface area contributed by atoms with Crippen LogP contribution in [0.15, 0.2) is 76.2 Å². The van der Waals surface area contributed by atoms with Crippen LogP contribution in [-0.2, 0) is 14.8 Å². The molecule has 3 N–H and O–H groups in total. The van der Waals surface area contributed by atoms with Gasteiger partial charge in [-0.2, -0.15) is 4.31 Å². The van der Waals surface area contributed by atoms with Crippen LogP contribution in [0.25, 0.3) is 0 Å². The zero-order valence-electron chi connectivity index (χ0n) is 17.9. The molecule has 3 amide bonds. The zero-order chi connectivity index (χ0) is 24.0. The van der Waals surface area contributed by atoms with Crippen LogP contribution >= 0.6 is 0 Å². The van der Waals surface area contributed by atoms with Crippen molar-refractivity contribution >= 4 is 33.4 Å². The monoisotopic (exact) mass is 470 g/mol. The third kappa shape index (κ3) is 6.05. The van der Waals surface area contributed by atoms with E-state index in [2.05, 4.69) is 16.2 Å². The quantitative estimate of drug-likeness (QED) is 0.451. The highest BCUT2D eigenvalue weighted by molar-refractivity contribution is 7.89. The molecule has 0 spiro atoms. The van der Waals surface area contributed by atoms with Crippen LogP contribution < -0.4 is 16.2 Å². The molecule has 0 aliphatic heterocycles. The minimum Gasteiger partial charge on any atom is -0.459 e. The Bertz CT molecular complexity index is 1250. The summed E-state index contributed by atoms with van der Waals surface area (Å²) in [6.45, 7) is 1.33. The molecule has 0 aliphatic carbocycles. The first-order valence-electron chi connectivity index (χ1n) is 9.74. The van der Waals surface area contributed by atoms with Gasteiger partial charge in [-0.05, 0) is 49.4 Å². The number of carbonyl (C=O) groups is 3. The summed E-state index contributed by atoms with van der Waals surface area (Å²) in [5.74, 6) is -1.75. The van der Waals surface area contributed by atoms with Crippen molar-refractivity contribution in [2.24, 2.45) is 0 Å². The third-order valence-corrected chi connectivity index (χ3v) is 6.36. The first-order valence-corrected chi connectivity index (χ1v) is 11.2. The average Bonchev–Trinajstić information content (AvgIpc) is 3.33. The van der Waals surface area contributed by atoms with E-state index in [9.17, 15) is 22.8 Å². The molecule has 3 rings (SSSR count). The van der Waals surface area contributed by atoms with Crippen molar-refractivity contribution in [2.45, 2.75) is 11.8 Å². The molecule has 33 heavy (non-hydrogen) atoms. The highest BCUT2D eigenvalue weighted by atomic mass is 32.2. The number of hydrazine groups is 1. The zero-order valence-corrected chi connectivity index (χ0v) is 18.7. The van der Waals surface area contributed by atoms with Gasteiger partial charge in [0.2, 0.25) is 10.0 Å². The van der Waals surface area contributed by atoms with E-state index in [1.165, 1.54) is 43.6 Å². The summed E-state index contributed by atoms with van der Waals surface area (Å²) in [5.41, 5.74) is 5.81. The molecule has 3 aromatic rings. The number of sulfonamides is 1. The number of carbonyl (C=O) groups excluding carboxylic acids is 3. The van der Waals surface area contributed by atoms with E-state index in [4.69, 9.17) is 4.42 Å². The van der Waals surface area contributed by atoms with E-state index >= 15 is 0 Å². The van der Waals surface area contributed by atoms with Crippen molar-refractivity contribution in [3.05, 3.63) is 83.8 Å². The van der Waals surface area contributed by atoms with Crippen molar-refractivity contribution in [1.82, 2.24) is 15.2 Å². The van der Waals surface area contributed by atoms with E-state index in [1.54, 1.807) is 30.3 Å². The number of hydrogen-bond acceptors (Lipinski definition) is 6. The van der Waals surface area contributed by atoms with Crippen LogP contribution in [-0.4, -0.2) is 44.0 Å². The fraction of sp³-hybridized carbons (Fsp3) is 0.136. The lowest BCUT2D eigenvalue weighted by molar-refractivity contribution is -0.121.